The molecule has 0 N–H and O–H groups in total. The Morgan fingerprint density at radius 2 is 2.10 bits per heavy atom. The zero-order chi connectivity index (χ0) is 14.8. The molecule has 0 spiro atoms. The smallest absolute Gasteiger partial charge is 0.152 e. The number of rotatable bonds is 3. The fourth-order valence-electron chi connectivity index (χ4n) is 2.52. The molecule has 0 atom stereocenters. The van der Waals surface area contributed by atoms with Crippen LogP contribution < -0.4 is 0 Å². The first-order valence-electron chi connectivity index (χ1n) is 6.44. The quantitative estimate of drug-likeness (QED) is 0.688. The van der Waals surface area contributed by atoms with E-state index in [0.717, 1.165) is 17.2 Å². The lowest BCUT2D eigenvalue weighted by molar-refractivity contribution is 0.112. The highest BCUT2D eigenvalue weighted by Crippen LogP contribution is 2.21. The van der Waals surface area contributed by atoms with Crippen molar-refractivity contribution in [1.82, 2.24) is 4.57 Å². The molecular formula is C17H11FN2O. The molecule has 1 heterocycles. The second-order valence-corrected chi connectivity index (χ2v) is 4.81. The van der Waals surface area contributed by atoms with Gasteiger partial charge in [-0.2, -0.15) is 5.26 Å². The maximum Gasteiger partial charge on any atom is 0.152 e. The van der Waals surface area contributed by atoms with Gasteiger partial charge in [-0.15, -0.1) is 0 Å². The van der Waals surface area contributed by atoms with E-state index >= 15 is 0 Å². The largest absolute Gasteiger partial charge is 0.342 e. The fraction of sp³-hybridized carbons (Fsp3) is 0.0588. The van der Waals surface area contributed by atoms with Gasteiger partial charge in [0, 0.05) is 23.7 Å². The van der Waals surface area contributed by atoms with Gasteiger partial charge in [0.05, 0.1) is 17.1 Å². The Labute approximate surface area is 120 Å². The minimum atomic E-state index is -0.434. The molecule has 4 heteroatoms. The monoisotopic (exact) mass is 278 g/mol. The van der Waals surface area contributed by atoms with Gasteiger partial charge in [0.2, 0.25) is 0 Å². The van der Waals surface area contributed by atoms with Gasteiger partial charge in [0.1, 0.15) is 5.82 Å². The van der Waals surface area contributed by atoms with Crippen LogP contribution in [-0.4, -0.2) is 10.9 Å². The summed E-state index contributed by atoms with van der Waals surface area (Å²) in [6.45, 7) is 0.404. The van der Waals surface area contributed by atoms with Crippen LogP contribution in [0.1, 0.15) is 21.5 Å². The maximum atomic E-state index is 13.5. The average Bonchev–Trinajstić information content (AvgIpc) is 2.90. The summed E-state index contributed by atoms with van der Waals surface area (Å²) in [5, 5.41) is 9.85. The Balaban J connectivity index is 2.09. The molecule has 102 valence electrons. The fourth-order valence-corrected chi connectivity index (χ4v) is 2.52. The van der Waals surface area contributed by atoms with Gasteiger partial charge in [-0.1, -0.05) is 12.1 Å². The number of halogens is 1. The summed E-state index contributed by atoms with van der Waals surface area (Å²) in [6.07, 6.45) is 2.67. The van der Waals surface area contributed by atoms with Gasteiger partial charge in [-0.25, -0.2) is 4.39 Å². The Bertz CT molecular complexity index is 874. The Morgan fingerprint density at radius 1 is 1.24 bits per heavy atom. The number of fused-ring (bicyclic) bond motifs is 1. The molecule has 3 rings (SSSR count). The lowest BCUT2D eigenvalue weighted by Crippen LogP contribution is -2.01. The van der Waals surface area contributed by atoms with Crippen LogP contribution in [-0.2, 0) is 6.54 Å². The number of nitrogens with zero attached hydrogens (tertiary/aromatic N) is 2. The van der Waals surface area contributed by atoms with Crippen molar-refractivity contribution in [2.75, 3.05) is 0 Å². The number of carbonyl (C=O) groups is 1. The third-order valence-electron chi connectivity index (χ3n) is 3.39. The lowest BCUT2D eigenvalue weighted by Gasteiger charge is -2.08. The second kappa shape index (κ2) is 5.22. The average molecular weight is 278 g/mol. The van der Waals surface area contributed by atoms with Crippen molar-refractivity contribution in [2.45, 2.75) is 6.54 Å². The Hall–Kier alpha value is -2.93. The first-order valence-corrected chi connectivity index (χ1v) is 6.44. The summed E-state index contributed by atoms with van der Waals surface area (Å²) in [5.41, 5.74) is 2.38. The standard InChI is InChI=1S/C17H11FN2O/c18-16-7-12(9-19)6-13(8-16)10-20-5-4-14-2-1-3-15(11-21)17(14)20/h1-8,11H,10H2. The first-order chi connectivity index (χ1) is 10.2. The van der Waals surface area contributed by atoms with Crippen molar-refractivity contribution in [3.63, 3.8) is 0 Å². The second-order valence-electron chi connectivity index (χ2n) is 4.81. The Kier molecular flexibility index (Phi) is 3.25. The molecule has 2 aromatic carbocycles. The van der Waals surface area contributed by atoms with Crippen molar-refractivity contribution in [3.8, 4) is 6.07 Å². The zero-order valence-corrected chi connectivity index (χ0v) is 11.1. The molecule has 0 saturated heterocycles. The summed E-state index contributed by atoms with van der Waals surface area (Å²) >= 11 is 0. The summed E-state index contributed by atoms with van der Waals surface area (Å²) in [7, 11) is 0. The topological polar surface area (TPSA) is 45.8 Å². The summed E-state index contributed by atoms with van der Waals surface area (Å²) in [4.78, 5) is 11.2. The number of hydrogen-bond donors (Lipinski definition) is 0. The maximum absolute atomic E-state index is 13.5. The number of benzene rings is 2. The van der Waals surface area contributed by atoms with Crippen LogP contribution in [0.15, 0.2) is 48.7 Å². The molecule has 3 aromatic rings. The molecule has 0 amide bonds. The van der Waals surface area contributed by atoms with Crippen LogP contribution in [0.25, 0.3) is 10.9 Å². The van der Waals surface area contributed by atoms with E-state index in [4.69, 9.17) is 5.26 Å². The normalized spacial score (nSPS) is 10.5. The molecule has 0 fully saturated rings. The minimum Gasteiger partial charge on any atom is -0.342 e. The molecule has 0 unspecified atom stereocenters. The number of hydrogen-bond acceptors (Lipinski definition) is 2. The molecule has 0 aliphatic heterocycles. The van der Waals surface area contributed by atoms with E-state index in [-0.39, 0.29) is 5.56 Å². The van der Waals surface area contributed by atoms with Crippen LogP contribution in [0.2, 0.25) is 0 Å². The highest BCUT2D eigenvalue weighted by Gasteiger charge is 2.08. The van der Waals surface area contributed by atoms with Crippen LogP contribution in [0, 0.1) is 17.1 Å². The van der Waals surface area contributed by atoms with Crippen LogP contribution >= 0.6 is 0 Å². The molecule has 0 aliphatic carbocycles. The number of aromatic nitrogens is 1. The summed E-state index contributed by atoms with van der Waals surface area (Å²) < 4.78 is 15.4. The van der Waals surface area contributed by atoms with E-state index in [1.54, 1.807) is 12.1 Å². The third kappa shape index (κ3) is 2.41. The van der Waals surface area contributed by atoms with Gasteiger partial charge in [-0.05, 0) is 35.9 Å². The van der Waals surface area contributed by atoms with E-state index in [2.05, 4.69) is 0 Å². The molecule has 0 aliphatic rings. The predicted molar refractivity (Wildman–Crippen MR) is 77.5 cm³/mol. The number of carbonyl (C=O) groups excluding carboxylic acids is 1. The van der Waals surface area contributed by atoms with Crippen molar-refractivity contribution in [1.29, 1.82) is 5.26 Å². The van der Waals surface area contributed by atoms with Gasteiger partial charge < -0.3 is 4.57 Å². The number of para-hydroxylation sites is 1. The summed E-state index contributed by atoms with van der Waals surface area (Å²) in [5.74, 6) is -0.434. The summed E-state index contributed by atoms with van der Waals surface area (Å²) in [6, 6.07) is 13.6. The predicted octanol–water partition coefficient (Wildman–Crippen LogP) is 3.51. The highest BCUT2D eigenvalue weighted by molar-refractivity contribution is 5.96. The number of aldehydes is 1. The van der Waals surface area contributed by atoms with Crippen molar-refractivity contribution in [2.24, 2.45) is 0 Å². The van der Waals surface area contributed by atoms with E-state index in [9.17, 15) is 9.18 Å². The van der Waals surface area contributed by atoms with Crippen LogP contribution in [0.5, 0.6) is 0 Å². The van der Waals surface area contributed by atoms with Crippen molar-refractivity contribution < 1.29 is 9.18 Å². The number of nitriles is 1. The minimum absolute atomic E-state index is 0.289. The van der Waals surface area contributed by atoms with Gasteiger partial charge in [0.15, 0.2) is 6.29 Å². The molecule has 0 bridgehead atoms. The zero-order valence-electron chi connectivity index (χ0n) is 11.1. The van der Waals surface area contributed by atoms with Gasteiger partial charge in [-0.3, -0.25) is 4.79 Å². The van der Waals surface area contributed by atoms with Crippen molar-refractivity contribution >= 4 is 17.2 Å². The van der Waals surface area contributed by atoms with E-state index < -0.39 is 5.82 Å². The molecule has 21 heavy (non-hydrogen) atoms. The van der Waals surface area contributed by atoms with Crippen LogP contribution in [0.4, 0.5) is 4.39 Å². The van der Waals surface area contributed by atoms with Crippen molar-refractivity contribution in [3.05, 3.63) is 71.2 Å². The molecule has 1 aromatic heterocycles. The molecular weight excluding hydrogens is 267 g/mol. The SMILES string of the molecule is N#Cc1cc(F)cc(Cn2ccc3cccc(C=O)c32)c1. The first kappa shape index (κ1) is 13.1. The molecule has 3 nitrogen and oxygen atoms in total. The van der Waals surface area contributed by atoms with E-state index in [1.807, 2.05) is 35.0 Å². The third-order valence-corrected chi connectivity index (χ3v) is 3.39. The van der Waals surface area contributed by atoms with Crippen LogP contribution in [0.3, 0.4) is 0 Å². The van der Waals surface area contributed by atoms with Gasteiger partial charge >= 0.3 is 0 Å². The highest BCUT2D eigenvalue weighted by atomic mass is 19.1. The van der Waals surface area contributed by atoms with E-state index in [0.29, 0.717) is 17.7 Å². The van der Waals surface area contributed by atoms with E-state index in [1.165, 1.54) is 12.1 Å². The lowest BCUT2D eigenvalue weighted by atomic mass is 10.1. The Morgan fingerprint density at radius 3 is 2.86 bits per heavy atom. The van der Waals surface area contributed by atoms with Gasteiger partial charge in [0.25, 0.3) is 0 Å². The molecule has 0 saturated carbocycles. The molecule has 0 radical (unpaired) electrons.